The number of anilines is 2. The molecule has 2 amide bonds. The van der Waals surface area contributed by atoms with E-state index in [0.29, 0.717) is 23.7 Å². The monoisotopic (exact) mass is 494 g/mol. The van der Waals surface area contributed by atoms with Crippen LogP contribution in [0.3, 0.4) is 0 Å². The van der Waals surface area contributed by atoms with Crippen LogP contribution >= 0.6 is 0 Å². The van der Waals surface area contributed by atoms with Crippen LogP contribution in [0.1, 0.15) is 32.2 Å². The molecule has 0 aliphatic rings. The molecule has 35 heavy (non-hydrogen) atoms. The van der Waals surface area contributed by atoms with Crippen LogP contribution in [0.2, 0.25) is 0 Å². The molecule has 0 radical (unpaired) electrons. The van der Waals surface area contributed by atoms with Crippen LogP contribution in [-0.2, 0) is 0 Å². The number of benzene rings is 2. The lowest BCUT2D eigenvalue weighted by Gasteiger charge is -2.04. The summed E-state index contributed by atoms with van der Waals surface area (Å²) in [6.07, 6.45) is 2.46. The summed E-state index contributed by atoms with van der Waals surface area (Å²) in [6.45, 7) is 3.12. The quantitative estimate of drug-likeness (QED) is 0.407. The van der Waals surface area contributed by atoms with Gasteiger partial charge < -0.3 is 25.2 Å². The van der Waals surface area contributed by atoms with E-state index < -0.39 is 35.1 Å². The SMILES string of the molecule is Cc1oncc1C(=O)Nc1ccc(F)cc1F.Cc1oncc1C(=O)Nc1ccc(F)cc1F.O. The number of hydrogen-bond acceptors (Lipinski definition) is 6. The van der Waals surface area contributed by atoms with Gasteiger partial charge in [0.05, 0.1) is 23.8 Å². The molecule has 4 N–H and O–H groups in total. The number of carbonyl (C=O) groups excluding carboxylic acids is 2. The molecule has 0 spiro atoms. The predicted octanol–water partition coefficient (Wildman–Crippen LogP) is 4.20. The molecular weight excluding hydrogens is 476 g/mol. The number of nitrogens with zero attached hydrogens (tertiary/aromatic N) is 2. The summed E-state index contributed by atoms with van der Waals surface area (Å²) in [5, 5.41) is 11.5. The van der Waals surface area contributed by atoms with Gasteiger partial charge in [-0.15, -0.1) is 0 Å². The number of aryl methyl sites for hydroxylation is 2. The zero-order valence-corrected chi connectivity index (χ0v) is 18.2. The van der Waals surface area contributed by atoms with Crippen LogP contribution in [0.15, 0.2) is 57.8 Å². The van der Waals surface area contributed by atoms with E-state index >= 15 is 0 Å². The van der Waals surface area contributed by atoms with E-state index in [4.69, 9.17) is 9.05 Å². The van der Waals surface area contributed by atoms with Crippen molar-refractivity contribution in [3.8, 4) is 0 Å². The first-order chi connectivity index (χ1) is 16.2. The largest absolute Gasteiger partial charge is 0.412 e. The average molecular weight is 494 g/mol. The molecule has 0 bridgehead atoms. The van der Waals surface area contributed by atoms with E-state index in [-0.39, 0.29) is 28.0 Å². The highest BCUT2D eigenvalue weighted by molar-refractivity contribution is 6.05. The first kappa shape index (κ1) is 26.7. The van der Waals surface area contributed by atoms with Gasteiger partial charge in [0.25, 0.3) is 11.8 Å². The molecule has 9 nitrogen and oxygen atoms in total. The van der Waals surface area contributed by atoms with E-state index in [1.807, 2.05) is 0 Å². The van der Waals surface area contributed by atoms with Crippen LogP contribution in [0.4, 0.5) is 28.9 Å². The third-order valence-electron chi connectivity index (χ3n) is 4.35. The highest BCUT2D eigenvalue weighted by Crippen LogP contribution is 2.18. The summed E-state index contributed by atoms with van der Waals surface area (Å²) in [5.41, 5.74) is 0.205. The van der Waals surface area contributed by atoms with E-state index in [1.165, 1.54) is 12.4 Å². The Hall–Kier alpha value is -4.52. The van der Waals surface area contributed by atoms with E-state index in [1.54, 1.807) is 13.8 Å². The summed E-state index contributed by atoms with van der Waals surface area (Å²) in [6, 6.07) is 5.78. The Bertz CT molecular complexity index is 1240. The molecule has 2 aromatic carbocycles. The van der Waals surface area contributed by atoms with Crippen molar-refractivity contribution in [2.24, 2.45) is 0 Å². The second kappa shape index (κ2) is 11.6. The summed E-state index contributed by atoms with van der Waals surface area (Å²) in [4.78, 5) is 23.3. The van der Waals surface area contributed by atoms with Gasteiger partial charge in [-0.1, -0.05) is 10.3 Å². The lowest BCUT2D eigenvalue weighted by Crippen LogP contribution is -2.13. The van der Waals surface area contributed by atoms with Crippen molar-refractivity contribution in [2.45, 2.75) is 13.8 Å². The summed E-state index contributed by atoms with van der Waals surface area (Å²) in [5.74, 6) is -3.57. The Kier molecular flexibility index (Phi) is 8.83. The van der Waals surface area contributed by atoms with Gasteiger partial charge >= 0.3 is 0 Å². The Morgan fingerprint density at radius 3 is 1.37 bits per heavy atom. The van der Waals surface area contributed by atoms with Gasteiger partial charge in [-0.05, 0) is 38.1 Å². The summed E-state index contributed by atoms with van der Waals surface area (Å²) >= 11 is 0. The smallest absolute Gasteiger partial charge is 0.260 e. The molecule has 0 unspecified atom stereocenters. The molecule has 0 aliphatic heterocycles. The lowest BCUT2D eigenvalue weighted by atomic mass is 10.2. The highest BCUT2D eigenvalue weighted by atomic mass is 19.1. The maximum atomic E-state index is 13.3. The number of rotatable bonds is 4. The topological polar surface area (TPSA) is 142 Å². The highest BCUT2D eigenvalue weighted by Gasteiger charge is 2.16. The lowest BCUT2D eigenvalue weighted by molar-refractivity contribution is 0.101. The van der Waals surface area contributed by atoms with Gasteiger partial charge in [0, 0.05) is 12.1 Å². The van der Waals surface area contributed by atoms with Gasteiger partial charge in [-0.3, -0.25) is 9.59 Å². The molecule has 184 valence electrons. The van der Waals surface area contributed by atoms with Crippen molar-refractivity contribution in [1.82, 2.24) is 10.3 Å². The fourth-order valence-electron chi connectivity index (χ4n) is 2.59. The Morgan fingerprint density at radius 2 is 1.09 bits per heavy atom. The van der Waals surface area contributed by atoms with E-state index in [9.17, 15) is 27.2 Å². The molecule has 4 rings (SSSR count). The van der Waals surface area contributed by atoms with Crippen molar-refractivity contribution in [3.05, 3.63) is 94.7 Å². The van der Waals surface area contributed by atoms with E-state index in [0.717, 1.165) is 24.3 Å². The molecule has 2 heterocycles. The van der Waals surface area contributed by atoms with Gasteiger partial charge in [0.15, 0.2) is 0 Å². The van der Waals surface area contributed by atoms with E-state index in [2.05, 4.69) is 20.9 Å². The number of halogens is 4. The standard InChI is InChI=1S/2C11H8F2N2O2.H2O/c2*1-6-8(5-14-17-6)11(16)15-10-3-2-7(12)4-9(10)13;/h2*2-5H,1H3,(H,15,16);1H2. The molecule has 2 aromatic heterocycles. The molecular formula is C22H18F4N4O5. The second-order valence-electron chi connectivity index (χ2n) is 6.75. The Labute approximate surface area is 195 Å². The molecule has 0 fully saturated rings. The van der Waals surface area contributed by atoms with Gasteiger partial charge in [0.1, 0.15) is 45.9 Å². The number of hydrogen-bond donors (Lipinski definition) is 2. The fourth-order valence-corrected chi connectivity index (χ4v) is 2.59. The molecule has 13 heteroatoms. The van der Waals surface area contributed by atoms with Crippen molar-refractivity contribution in [2.75, 3.05) is 10.6 Å². The first-order valence-corrected chi connectivity index (χ1v) is 9.51. The van der Waals surface area contributed by atoms with Crippen LogP contribution in [0.25, 0.3) is 0 Å². The van der Waals surface area contributed by atoms with Crippen LogP contribution in [0.5, 0.6) is 0 Å². The molecule has 0 atom stereocenters. The van der Waals surface area contributed by atoms with Crippen molar-refractivity contribution in [3.63, 3.8) is 0 Å². The maximum Gasteiger partial charge on any atom is 0.260 e. The summed E-state index contributed by atoms with van der Waals surface area (Å²) in [7, 11) is 0. The minimum Gasteiger partial charge on any atom is -0.412 e. The Morgan fingerprint density at radius 1 is 0.714 bits per heavy atom. The second-order valence-corrected chi connectivity index (χ2v) is 6.75. The Balaban J connectivity index is 0.000000240. The third-order valence-corrected chi connectivity index (χ3v) is 4.35. The summed E-state index contributed by atoms with van der Waals surface area (Å²) < 4.78 is 61.2. The molecule has 0 aliphatic carbocycles. The maximum absolute atomic E-state index is 13.3. The fraction of sp³-hybridized carbons (Fsp3) is 0.0909. The zero-order chi connectivity index (χ0) is 24.8. The van der Waals surface area contributed by atoms with Crippen molar-refractivity contribution in [1.29, 1.82) is 0 Å². The van der Waals surface area contributed by atoms with Crippen molar-refractivity contribution < 1.29 is 41.7 Å². The normalized spacial score (nSPS) is 10.0. The number of nitrogens with one attached hydrogen (secondary N) is 2. The molecule has 4 aromatic rings. The van der Waals surface area contributed by atoms with Gasteiger partial charge in [-0.2, -0.15) is 0 Å². The van der Waals surface area contributed by atoms with Crippen LogP contribution < -0.4 is 10.6 Å². The number of carbonyl (C=O) groups is 2. The first-order valence-electron chi connectivity index (χ1n) is 9.51. The molecule has 0 saturated carbocycles. The third kappa shape index (κ3) is 6.74. The molecule has 0 saturated heterocycles. The number of amides is 2. The van der Waals surface area contributed by atoms with Gasteiger partial charge in [-0.25, -0.2) is 17.6 Å². The van der Waals surface area contributed by atoms with Crippen LogP contribution in [0, 0.1) is 37.1 Å². The van der Waals surface area contributed by atoms with Gasteiger partial charge in [0.2, 0.25) is 0 Å². The minimum absolute atomic E-state index is 0. The average Bonchev–Trinajstić information content (AvgIpc) is 3.40. The van der Waals surface area contributed by atoms with Crippen LogP contribution in [-0.4, -0.2) is 27.6 Å². The predicted molar refractivity (Wildman–Crippen MR) is 115 cm³/mol. The number of aromatic nitrogens is 2. The van der Waals surface area contributed by atoms with Crippen molar-refractivity contribution >= 4 is 23.2 Å². The zero-order valence-electron chi connectivity index (χ0n) is 18.2. The minimum atomic E-state index is -0.840.